The molecule has 6 rings (SSSR count). The summed E-state index contributed by atoms with van der Waals surface area (Å²) in [5, 5.41) is 23.3. The summed E-state index contributed by atoms with van der Waals surface area (Å²) in [4.78, 5) is 7.01. The Balaban J connectivity index is 1.28. The lowest BCUT2D eigenvalue weighted by Gasteiger charge is -2.41. The van der Waals surface area contributed by atoms with E-state index in [0.717, 1.165) is 67.4 Å². The number of methoxy groups -OCH3 is 1. The van der Waals surface area contributed by atoms with Crippen molar-refractivity contribution in [3.63, 3.8) is 0 Å². The molecule has 2 saturated heterocycles. The number of hydrogen-bond donors (Lipinski definition) is 0. The third kappa shape index (κ3) is 4.76. The summed E-state index contributed by atoms with van der Waals surface area (Å²) in [5.74, 6) is 0.530. The quantitative estimate of drug-likeness (QED) is 0.340. The average Bonchev–Trinajstić information content (AvgIpc) is 3.52. The molecule has 4 aromatic heterocycles. The second-order valence-electron chi connectivity index (χ2n) is 10.2. The molecule has 2 fully saturated rings. The van der Waals surface area contributed by atoms with E-state index in [2.05, 4.69) is 43.0 Å². The second-order valence-corrected chi connectivity index (χ2v) is 10.2. The van der Waals surface area contributed by atoms with Crippen LogP contribution in [0.3, 0.4) is 0 Å². The Morgan fingerprint density at radius 3 is 2.72 bits per heavy atom. The van der Waals surface area contributed by atoms with Gasteiger partial charge in [0.05, 0.1) is 42.9 Å². The maximum absolute atomic E-state index is 9.71. The second kappa shape index (κ2) is 10.7. The van der Waals surface area contributed by atoms with Crippen LogP contribution >= 0.6 is 0 Å². The molecule has 202 valence electrons. The summed E-state index contributed by atoms with van der Waals surface area (Å²) in [5.41, 5.74) is 5.46. The van der Waals surface area contributed by atoms with Gasteiger partial charge in [-0.2, -0.15) is 10.4 Å². The van der Waals surface area contributed by atoms with E-state index in [0.29, 0.717) is 28.9 Å². The van der Waals surface area contributed by atoms with Crippen molar-refractivity contribution >= 4 is 5.52 Å². The fraction of sp³-hybridized carbons (Fsp3) is 0.464. The van der Waals surface area contributed by atoms with Crippen molar-refractivity contribution in [2.75, 3.05) is 40.0 Å². The minimum absolute atomic E-state index is 0.222. The van der Waals surface area contributed by atoms with E-state index in [1.807, 2.05) is 31.3 Å². The van der Waals surface area contributed by atoms with Crippen molar-refractivity contribution in [1.29, 1.82) is 5.26 Å². The fourth-order valence-electron chi connectivity index (χ4n) is 5.55. The SMILES string of the molecule is COC(COc1cc(-c2nnn(C3CCN(C4COC4)CC3)c2C)cn2ncc(C#N)c12)c1ncccc1C. The molecule has 2 aliphatic rings. The molecular weight excluding hydrogens is 496 g/mol. The van der Waals surface area contributed by atoms with E-state index >= 15 is 0 Å². The lowest BCUT2D eigenvalue weighted by atomic mass is 10.0. The van der Waals surface area contributed by atoms with Crippen molar-refractivity contribution in [3.05, 3.63) is 59.3 Å². The Hall–Kier alpha value is -3.85. The summed E-state index contributed by atoms with van der Waals surface area (Å²) in [6, 6.07) is 8.90. The highest BCUT2D eigenvalue weighted by Crippen LogP contribution is 2.33. The third-order valence-corrected chi connectivity index (χ3v) is 7.91. The highest BCUT2D eigenvalue weighted by Gasteiger charge is 2.31. The highest BCUT2D eigenvalue weighted by atomic mass is 16.5. The number of nitrogens with zero attached hydrogens (tertiary/aromatic N) is 8. The molecule has 0 radical (unpaired) electrons. The standard InChI is InChI=1S/C28H32N8O3/c1-18-5-4-8-30-26(18)25(37-3)17-39-24-11-20(14-35-28(24)21(12-29)13-31-35)27-19(2)36(33-32-27)22-6-9-34(10-7-22)23-15-38-16-23/h4-5,8,11,13-14,22-23,25H,6-7,9-10,15-17H2,1-3H3. The van der Waals surface area contributed by atoms with Crippen molar-refractivity contribution in [2.45, 2.75) is 44.9 Å². The lowest BCUT2D eigenvalue weighted by molar-refractivity contribution is -0.0735. The molecule has 39 heavy (non-hydrogen) atoms. The number of rotatable bonds is 8. The zero-order chi connectivity index (χ0) is 26.9. The minimum atomic E-state index is -0.372. The normalized spacial score (nSPS) is 17.7. The van der Waals surface area contributed by atoms with Gasteiger partial charge in [0.1, 0.15) is 41.3 Å². The van der Waals surface area contributed by atoms with E-state index in [9.17, 15) is 5.26 Å². The first-order chi connectivity index (χ1) is 19.1. The van der Waals surface area contributed by atoms with Gasteiger partial charge in [0.25, 0.3) is 0 Å². The molecule has 11 heteroatoms. The number of aromatic nitrogens is 6. The van der Waals surface area contributed by atoms with Gasteiger partial charge in [-0.3, -0.25) is 9.88 Å². The molecule has 0 N–H and O–H groups in total. The Bertz CT molecular complexity index is 1510. The van der Waals surface area contributed by atoms with Gasteiger partial charge in [0.2, 0.25) is 0 Å². The zero-order valence-corrected chi connectivity index (χ0v) is 22.4. The van der Waals surface area contributed by atoms with Crippen LogP contribution in [0.25, 0.3) is 16.8 Å². The number of ether oxygens (including phenoxy) is 3. The summed E-state index contributed by atoms with van der Waals surface area (Å²) in [6.07, 6.45) is 6.86. The van der Waals surface area contributed by atoms with E-state index in [1.54, 1.807) is 24.0 Å². The van der Waals surface area contributed by atoms with Crippen LogP contribution in [0.4, 0.5) is 0 Å². The van der Waals surface area contributed by atoms with Crippen LogP contribution in [0.5, 0.6) is 5.75 Å². The Labute approximate surface area is 226 Å². The van der Waals surface area contributed by atoms with Crippen LogP contribution in [-0.4, -0.2) is 80.6 Å². The maximum Gasteiger partial charge on any atom is 0.147 e. The molecule has 6 heterocycles. The Morgan fingerprint density at radius 2 is 2.03 bits per heavy atom. The number of nitriles is 1. The molecule has 0 aromatic carbocycles. The van der Waals surface area contributed by atoms with Crippen LogP contribution < -0.4 is 4.74 Å². The molecule has 1 atom stereocenters. The van der Waals surface area contributed by atoms with E-state index in [1.165, 1.54) is 0 Å². The molecule has 0 bridgehead atoms. The molecular formula is C28H32N8O3. The number of pyridine rings is 2. The summed E-state index contributed by atoms with van der Waals surface area (Å²) in [6.45, 7) is 8.04. The molecule has 0 amide bonds. The van der Waals surface area contributed by atoms with Crippen molar-refractivity contribution in [3.8, 4) is 23.1 Å². The molecule has 0 saturated carbocycles. The van der Waals surface area contributed by atoms with E-state index < -0.39 is 0 Å². The number of aryl methyl sites for hydroxylation is 1. The average molecular weight is 529 g/mol. The largest absolute Gasteiger partial charge is 0.488 e. The van der Waals surface area contributed by atoms with Crippen molar-refractivity contribution in [1.82, 2.24) is 34.5 Å². The number of piperidine rings is 1. The molecule has 11 nitrogen and oxygen atoms in total. The topological polar surface area (TPSA) is 116 Å². The third-order valence-electron chi connectivity index (χ3n) is 7.91. The van der Waals surface area contributed by atoms with E-state index in [4.69, 9.17) is 14.2 Å². The first-order valence-electron chi connectivity index (χ1n) is 13.3. The predicted octanol–water partition coefficient (Wildman–Crippen LogP) is 3.28. The van der Waals surface area contributed by atoms with Gasteiger partial charge in [-0.1, -0.05) is 11.3 Å². The van der Waals surface area contributed by atoms with Crippen LogP contribution in [0, 0.1) is 25.2 Å². The number of fused-ring (bicyclic) bond motifs is 1. The summed E-state index contributed by atoms with van der Waals surface area (Å²) >= 11 is 0. The molecule has 0 spiro atoms. The van der Waals surface area contributed by atoms with Crippen LogP contribution in [0.2, 0.25) is 0 Å². The fourth-order valence-corrected chi connectivity index (χ4v) is 5.55. The van der Waals surface area contributed by atoms with Crippen molar-refractivity contribution < 1.29 is 14.2 Å². The molecule has 2 aliphatic heterocycles. The van der Waals surface area contributed by atoms with Gasteiger partial charge in [0.15, 0.2) is 0 Å². The van der Waals surface area contributed by atoms with Crippen molar-refractivity contribution in [2.24, 2.45) is 0 Å². The van der Waals surface area contributed by atoms with Gasteiger partial charge in [-0.25, -0.2) is 9.20 Å². The first kappa shape index (κ1) is 25.4. The Kier molecular flexibility index (Phi) is 6.99. The van der Waals surface area contributed by atoms with Gasteiger partial charge in [-0.05, 0) is 44.4 Å². The lowest BCUT2D eigenvalue weighted by Crippen LogP contribution is -2.52. The minimum Gasteiger partial charge on any atom is -0.488 e. The zero-order valence-electron chi connectivity index (χ0n) is 22.4. The highest BCUT2D eigenvalue weighted by molar-refractivity contribution is 5.74. The predicted molar refractivity (Wildman–Crippen MR) is 142 cm³/mol. The smallest absolute Gasteiger partial charge is 0.147 e. The summed E-state index contributed by atoms with van der Waals surface area (Å²) < 4.78 is 21.1. The molecule has 1 unspecified atom stereocenters. The van der Waals surface area contributed by atoms with Gasteiger partial charge >= 0.3 is 0 Å². The van der Waals surface area contributed by atoms with Gasteiger partial charge in [-0.15, -0.1) is 5.10 Å². The van der Waals surface area contributed by atoms with Crippen LogP contribution in [-0.2, 0) is 9.47 Å². The van der Waals surface area contributed by atoms with Gasteiger partial charge < -0.3 is 14.2 Å². The maximum atomic E-state index is 9.71. The summed E-state index contributed by atoms with van der Waals surface area (Å²) in [7, 11) is 1.64. The molecule has 4 aromatic rings. The first-order valence-corrected chi connectivity index (χ1v) is 13.3. The van der Waals surface area contributed by atoms with Crippen LogP contribution in [0.1, 0.15) is 47.5 Å². The van der Waals surface area contributed by atoms with E-state index in [-0.39, 0.29) is 12.7 Å². The molecule has 0 aliphatic carbocycles. The van der Waals surface area contributed by atoms with Gasteiger partial charge in [0, 0.05) is 38.2 Å². The Morgan fingerprint density at radius 1 is 1.21 bits per heavy atom. The monoisotopic (exact) mass is 528 g/mol. The number of likely N-dealkylation sites (tertiary alicyclic amines) is 1. The van der Waals surface area contributed by atoms with Crippen LogP contribution in [0.15, 0.2) is 36.8 Å². The number of hydrogen-bond acceptors (Lipinski definition) is 9.